The van der Waals surface area contributed by atoms with E-state index in [-0.39, 0.29) is 6.04 Å². The normalized spacial score (nSPS) is 12.6. The number of nitrogens with zero attached hydrogens (tertiary/aromatic N) is 2. The Morgan fingerprint density at radius 3 is 2.88 bits per heavy atom. The number of aryl methyl sites for hydroxylation is 1. The zero-order valence-corrected chi connectivity index (χ0v) is 10.4. The third kappa shape index (κ3) is 2.94. The summed E-state index contributed by atoms with van der Waals surface area (Å²) >= 11 is 0. The maximum Gasteiger partial charge on any atom is 0.0642 e. The van der Waals surface area contributed by atoms with Crippen LogP contribution in [0.15, 0.2) is 36.7 Å². The van der Waals surface area contributed by atoms with Crippen LogP contribution in [0.5, 0.6) is 0 Å². The van der Waals surface area contributed by atoms with E-state index in [0.717, 1.165) is 24.4 Å². The van der Waals surface area contributed by atoms with Gasteiger partial charge in [-0.15, -0.1) is 0 Å². The van der Waals surface area contributed by atoms with Crippen molar-refractivity contribution in [3.05, 3.63) is 53.6 Å². The molecule has 0 aromatic carbocycles. The van der Waals surface area contributed by atoms with Crippen LogP contribution in [0.1, 0.15) is 36.3 Å². The summed E-state index contributed by atoms with van der Waals surface area (Å²) in [5.41, 5.74) is 9.33. The Hall–Kier alpha value is -1.61. The molecule has 0 saturated heterocycles. The monoisotopic (exact) mass is 229 g/mol. The number of nitrogens with two attached hydrogens (primary N) is 1. The van der Waals surface area contributed by atoms with E-state index in [1.54, 1.807) is 0 Å². The smallest absolute Gasteiger partial charge is 0.0642 e. The highest BCUT2D eigenvalue weighted by Gasteiger charge is 2.05. The summed E-state index contributed by atoms with van der Waals surface area (Å²) < 4.78 is 2.13. The minimum Gasteiger partial charge on any atom is -0.348 e. The Kier molecular flexibility index (Phi) is 3.59. The van der Waals surface area contributed by atoms with Gasteiger partial charge in [-0.05, 0) is 37.1 Å². The Balaban J connectivity index is 2.11. The average molecular weight is 229 g/mol. The molecule has 0 aliphatic heterocycles. The van der Waals surface area contributed by atoms with Gasteiger partial charge in [0.1, 0.15) is 0 Å². The predicted molar refractivity (Wildman–Crippen MR) is 69.7 cm³/mol. The van der Waals surface area contributed by atoms with Gasteiger partial charge in [0.15, 0.2) is 0 Å². The zero-order valence-electron chi connectivity index (χ0n) is 10.4. The van der Waals surface area contributed by atoms with Crippen LogP contribution in [0, 0.1) is 6.92 Å². The third-order valence-corrected chi connectivity index (χ3v) is 2.93. The van der Waals surface area contributed by atoms with E-state index in [1.807, 2.05) is 25.1 Å². The molecule has 1 unspecified atom stereocenters. The van der Waals surface area contributed by atoms with Gasteiger partial charge in [0, 0.05) is 24.1 Å². The molecular formula is C14H19N3. The molecule has 0 radical (unpaired) electrons. The van der Waals surface area contributed by atoms with Crippen molar-refractivity contribution < 1.29 is 0 Å². The van der Waals surface area contributed by atoms with Crippen molar-refractivity contribution in [2.75, 3.05) is 0 Å². The fraction of sp³-hybridized carbons (Fsp3) is 0.357. The molecule has 0 fully saturated rings. The van der Waals surface area contributed by atoms with Gasteiger partial charge in [0.25, 0.3) is 0 Å². The van der Waals surface area contributed by atoms with E-state index in [9.17, 15) is 0 Å². The molecule has 0 aliphatic carbocycles. The standard InChI is InChI=1S/C14H19N3/c1-3-14(15)12-7-8-17(9-12)10-13-6-4-5-11(2)16-13/h4-9,14H,3,10,15H2,1-2H3. The van der Waals surface area contributed by atoms with E-state index >= 15 is 0 Å². The van der Waals surface area contributed by atoms with Gasteiger partial charge in [-0.25, -0.2) is 0 Å². The van der Waals surface area contributed by atoms with Gasteiger partial charge in [0.2, 0.25) is 0 Å². The first-order valence-corrected chi connectivity index (χ1v) is 6.03. The second-order valence-corrected chi connectivity index (χ2v) is 4.40. The molecule has 0 amide bonds. The summed E-state index contributed by atoms with van der Waals surface area (Å²) in [6, 6.07) is 8.33. The van der Waals surface area contributed by atoms with Gasteiger partial charge in [-0.2, -0.15) is 0 Å². The van der Waals surface area contributed by atoms with Crippen LogP contribution in [0.2, 0.25) is 0 Å². The van der Waals surface area contributed by atoms with Gasteiger partial charge in [-0.1, -0.05) is 13.0 Å². The Morgan fingerprint density at radius 1 is 1.35 bits per heavy atom. The van der Waals surface area contributed by atoms with Gasteiger partial charge >= 0.3 is 0 Å². The summed E-state index contributed by atoms with van der Waals surface area (Å²) in [4.78, 5) is 4.49. The van der Waals surface area contributed by atoms with E-state index < -0.39 is 0 Å². The maximum atomic E-state index is 6.00. The highest BCUT2D eigenvalue weighted by molar-refractivity contribution is 5.17. The molecule has 2 aromatic heterocycles. The molecule has 0 spiro atoms. The quantitative estimate of drug-likeness (QED) is 0.876. The lowest BCUT2D eigenvalue weighted by Crippen LogP contribution is -2.07. The molecule has 0 bridgehead atoms. The molecule has 17 heavy (non-hydrogen) atoms. The summed E-state index contributed by atoms with van der Waals surface area (Å²) in [6.07, 6.45) is 5.14. The van der Waals surface area contributed by atoms with Crippen molar-refractivity contribution in [2.45, 2.75) is 32.9 Å². The Labute approximate surface area is 102 Å². The van der Waals surface area contributed by atoms with E-state index in [0.29, 0.717) is 0 Å². The van der Waals surface area contributed by atoms with Crippen LogP contribution in [-0.2, 0) is 6.54 Å². The Bertz CT molecular complexity index is 488. The summed E-state index contributed by atoms with van der Waals surface area (Å²) in [5, 5.41) is 0. The van der Waals surface area contributed by atoms with Gasteiger partial charge in [0.05, 0.1) is 12.2 Å². The number of hydrogen-bond acceptors (Lipinski definition) is 2. The van der Waals surface area contributed by atoms with Crippen LogP contribution in [-0.4, -0.2) is 9.55 Å². The number of aromatic nitrogens is 2. The molecule has 2 N–H and O–H groups in total. The van der Waals surface area contributed by atoms with Crippen molar-refractivity contribution >= 4 is 0 Å². The second kappa shape index (κ2) is 5.15. The zero-order chi connectivity index (χ0) is 12.3. The maximum absolute atomic E-state index is 6.00. The lowest BCUT2D eigenvalue weighted by Gasteiger charge is -2.06. The largest absolute Gasteiger partial charge is 0.348 e. The predicted octanol–water partition coefficient (Wildman–Crippen LogP) is 2.65. The number of rotatable bonds is 4. The van der Waals surface area contributed by atoms with Crippen molar-refractivity contribution in [3.8, 4) is 0 Å². The molecule has 2 rings (SSSR count). The van der Waals surface area contributed by atoms with Crippen LogP contribution in [0.25, 0.3) is 0 Å². The van der Waals surface area contributed by atoms with E-state index in [1.165, 1.54) is 5.56 Å². The lowest BCUT2D eigenvalue weighted by atomic mass is 10.1. The van der Waals surface area contributed by atoms with Crippen molar-refractivity contribution in [1.82, 2.24) is 9.55 Å². The number of pyridine rings is 1. The van der Waals surface area contributed by atoms with E-state index in [4.69, 9.17) is 5.73 Å². The molecular weight excluding hydrogens is 210 g/mol. The third-order valence-electron chi connectivity index (χ3n) is 2.93. The fourth-order valence-electron chi connectivity index (χ4n) is 1.89. The Morgan fingerprint density at radius 2 is 2.18 bits per heavy atom. The minimum absolute atomic E-state index is 0.140. The van der Waals surface area contributed by atoms with E-state index in [2.05, 4.69) is 34.9 Å². The van der Waals surface area contributed by atoms with Crippen LogP contribution in [0.3, 0.4) is 0 Å². The van der Waals surface area contributed by atoms with Crippen LogP contribution < -0.4 is 5.73 Å². The number of hydrogen-bond donors (Lipinski definition) is 1. The summed E-state index contributed by atoms with van der Waals surface area (Å²) in [5.74, 6) is 0. The van der Waals surface area contributed by atoms with Crippen molar-refractivity contribution in [2.24, 2.45) is 5.73 Å². The molecule has 0 aliphatic rings. The topological polar surface area (TPSA) is 43.8 Å². The summed E-state index contributed by atoms with van der Waals surface area (Å²) in [6.45, 7) is 4.92. The second-order valence-electron chi connectivity index (χ2n) is 4.40. The fourth-order valence-corrected chi connectivity index (χ4v) is 1.89. The van der Waals surface area contributed by atoms with Crippen molar-refractivity contribution in [3.63, 3.8) is 0 Å². The first kappa shape index (κ1) is 11.9. The highest BCUT2D eigenvalue weighted by Crippen LogP contribution is 2.14. The van der Waals surface area contributed by atoms with Crippen LogP contribution in [0.4, 0.5) is 0 Å². The average Bonchev–Trinajstić information content (AvgIpc) is 2.76. The molecule has 3 nitrogen and oxygen atoms in total. The molecule has 90 valence electrons. The lowest BCUT2D eigenvalue weighted by molar-refractivity contribution is 0.691. The molecule has 3 heteroatoms. The SMILES string of the molecule is CCC(N)c1ccn(Cc2cccc(C)n2)c1. The molecule has 2 heterocycles. The van der Waals surface area contributed by atoms with Gasteiger partial charge in [-0.3, -0.25) is 4.98 Å². The molecule has 1 atom stereocenters. The van der Waals surface area contributed by atoms with Gasteiger partial charge < -0.3 is 10.3 Å². The summed E-state index contributed by atoms with van der Waals surface area (Å²) in [7, 11) is 0. The first-order chi connectivity index (χ1) is 8.19. The van der Waals surface area contributed by atoms with Crippen LogP contribution >= 0.6 is 0 Å². The highest BCUT2D eigenvalue weighted by atomic mass is 15.0. The minimum atomic E-state index is 0.140. The molecule has 0 saturated carbocycles. The van der Waals surface area contributed by atoms with Crippen molar-refractivity contribution in [1.29, 1.82) is 0 Å². The molecule has 2 aromatic rings. The first-order valence-electron chi connectivity index (χ1n) is 6.03.